The molecule has 4 rings (SSSR count). The molecule has 0 heterocycles. The lowest BCUT2D eigenvalue weighted by atomic mass is 10.0. The van der Waals surface area contributed by atoms with Crippen LogP contribution in [0.5, 0.6) is 5.75 Å². The first-order valence-electron chi connectivity index (χ1n) is 11.8. The van der Waals surface area contributed by atoms with Gasteiger partial charge in [-0.25, -0.2) is 0 Å². The summed E-state index contributed by atoms with van der Waals surface area (Å²) in [6, 6.07) is 37.2. The Morgan fingerprint density at radius 1 is 0.657 bits per heavy atom. The maximum atomic E-state index is 9.38. The quantitative estimate of drug-likeness (QED) is 0.284. The Balaban J connectivity index is 1.43. The number of rotatable bonds is 11. The minimum atomic E-state index is -0.865. The molecule has 0 aliphatic rings. The maximum absolute atomic E-state index is 9.38. The fraction of sp³-hybridized carbons (Fsp3) is 0.200. The van der Waals surface area contributed by atoms with Crippen molar-refractivity contribution in [1.82, 2.24) is 0 Å². The summed E-state index contributed by atoms with van der Waals surface area (Å²) in [7, 11) is 0. The average molecular weight is 470 g/mol. The number of aliphatic hydroxyl groups excluding tert-OH is 2. The molecule has 0 radical (unpaired) electrons. The van der Waals surface area contributed by atoms with E-state index in [-0.39, 0.29) is 19.3 Å². The van der Waals surface area contributed by atoms with Crippen LogP contribution in [0.25, 0.3) is 11.1 Å². The van der Waals surface area contributed by atoms with Gasteiger partial charge in [0.1, 0.15) is 18.5 Å². The topological polar surface area (TPSA) is 62.2 Å². The van der Waals surface area contributed by atoms with Crippen molar-refractivity contribution in [3.8, 4) is 16.9 Å². The van der Waals surface area contributed by atoms with Crippen molar-refractivity contribution in [2.75, 3.05) is 24.7 Å². The van der Waals surface area contributed by atoms with Gasteiger partial charge in [0.05, 0.1) is 19.3 Å². The zero-order valence-corrected chi connectivity index (χ0v) is 19.8. The first-order chi connectivity index (χ1) is 17.1. The van der Waals surface area contributed by atoms with Crippen LogP contribution in [-0.2, 0) is 4.74 Å². The van der Waals surface area contributed by atoms with Crippen LogP contribution in [0, 0.1) is 0 Å². The lowest BCUT2D eigenvalue weighted by Crippen LogP contribution is -2.26. The van der Waals surface area contributed by atoms with Gasteiger partial charge < -0.3 is 24.6 Å². The van der Waals surface area contributed by atoms with Crippen LogP contribution in [0.2, 0.25) is 0 Å². The van der Waals surface area contributed by atoms with Gasteiger partial charge in [0.15, 0.2) is 0 Å². The second-order valence-electron chi connectivity index (χ2n) is 8.37. The fourth-order valence-electron chi connectivity index (χ4n) is 3.74. The summed E-state index contributed by atoms with van der Waals surface area (Å²) in [4.78, 5) is 2.24. The van der Waals surface area contributed by atoms with E-state index in [0.717, 1.165) is 33.9 Å². The highest BCUT2D eigenvalue weighted by Crippen LogP contribution is 2.35. The molecule has 180 valence electrons. The molecular formula is C30H31NO4. The highest BCUT2D eigenvalue weighted by molar-refractivity contribution is 5.78. The Morgan fingerprint density at radius 2 is 1.14 bits per heavy atom. The van der Waals surface area contributed by atoms with Crippen molar-refractivity contribution in [3.05, 3.63) is 109 Å². The van der Waals surface area contributed by atoms with E-state index < -0.39 is 6.10 Å². The van der Waals surface area contributed by atoms with Crippen molar-refractivity contribution >= 4 is 17.1 Å². The van der Waals surface area contributed by atoms with Crippen LogP contribution in [0.3, 0.4) is 0 Å². The normalized spacial score (nSPS) is 12.7. The minimum Gasteiger partial charge on any atom is -0.491 e. The van der Waals surface area contributed by atoms with Gasteiger partial charge in [-0.1, -0.05) is 60.7 Å². The molecule has 0 aliphatic heterocycles. The van der Waals surface area contributed by atoms with Crippen LogP contribution in [0.4, 0.5) is 17.1 Å². The predicted octanol–water partition coefficient (Wildman–Crippen LogP) is 5.96. The van der Waals surface area contributed by atoms with Crippen molar-refractivity contribution in [3.63, 3.8) is 0 Å². The molecule has 35 heavy (non-hydrogen) atoms. The Hall–Kier alpha value is -3.64. The van der Waals surface area contributed by atoms with E-state index in [4.69, 9.17) is 14.6 Å². The predicted molar refractivity (Wildman–Crippen MR) is 141 cm³/mol. The molecule has 5 nitrogen and oxygen atoms in total. The summed E-state index contributed by atoms with van der Waals surface area (Å²) in [5.74, 6) is 0.753. The molecule has 4 aromatic carbocycles. The van der Waals surface area contributed by atoms with Crippen molar-refractivity contribution in [2.45, 2.75) is 19.1 Å². The molecule has 2 unspecified atom stereocenters. The van der Waals surface area contributed by atoms with Gasteiger partial charge in [0.2, 0.25) is 0 Å². The zero-order chi connectivity index (χ0) is 24.5. The molecule has 0 amide bonds. The van der Waals surface area contributed by atoms with Crippen LogP contribution in [0.1, 0.15) is 6.92 Å². The number of ether oxygens (including phenoxy) is 2. The third kappa shape index (κ3) is 6.70. The Bertz CT molecular complexity index is 1110. The van der Waals surface area contributed by atoms with Gasteiger partial charge in [-0.05, 0) is 66.6 Å². The second kappa shape index (κ2) is 12.2. The molecule has 2 atom stereocenters. The number of aliphatic hydroxyl groups is 2. The van der Waals surface area contributed by atoms with Gasteiger partial charge >= 0.3 is 0 Å². The Morgan fingerprint density at radius 3 is 1.66 bits per heavy atom. The molecule has 0 aromatic heterocycles. The van der Waals surface area contributed by atoms with Crippen LogP contribution >= 0.6 is 0 Å². The zero-order valence-electron chi connectivity index (χ0n) is 19.8. The maximum Gasteiger partial charge on any atom is 0.119 e. The largest absolute Gasteiger partial charge is 0.491 e. The van der Waals surface area contributed by atoms with E-state index in [2.05, 4.69) is 77.7 Å². The van der Waals surface area contributed by atoms with Crippen molar-refractivity contribution in [2.24, 2.45) is 0 Å². The monoisotopic (exact) mass is 469 g/mol. The molecular weight excluding hydrogens is 438 g/mol. The molecule has 0 fully saturated rings. The Labute approximate surface area is 206 Å². The summed E-state index contributed by atoms with van der Waals surface area (Å²) < 4.78 is 11.3. The lowest BCUT2D eigenvalue weighted by Gasteiger charge is -2.25. The van der Waals surface area contributed by atoms with E-state index in [1.165, 1.54) is 0 Å². The van der Waals surface area contributed by atoms with Crippen LogP contribution < -0.4 is 9.64 Å². The Kier molecular flexibility index (Phi) is 8.52. The number of benzene rings is 4. The summed E-state index contributed by atoms with van der Waals surface area (Å²) in [5.41, 5.74) is 5.53. The van der Waals surface area contributed by atoms with E-state index in [1.54, 1.807) is 0 Å². The van der Waals surface area contributed by atoms with Gasteiger partial charge in [-0.15, -0.1) is 0 Å². The second-order valence-corrected chi connectivity index (χ2v) is 8.37. The highest BCUT2D eigenvalue weighted by Gasteiger charge is 2.12. The van der Waals surface area contributed by atoms with Gasteiger partial charge in [0.25, 0.3) is 0 Å². The molecule has 0 saturated heterocycles. The standard InChI is InChI=1S/C30H31NO4/c1-23(34-22-29(33)20-32)21-35-30-18-14-25(15-19-30)24-12-16-28(17-13-24)31(26-8-4-2-5-9-26)27-10-6-3-7-11-27/h2-19,23,29,32-33H,20-22H2,1H3. The first-order valence-corrected chi connectivity index (χ1v) is 11.8. The summed E-state index contributed by atoms with van der Waals surface area (Å²) in [5, 5.41) is 18.2. The van der Waals surface area contributed by atoms with Crippen LogP contribution in [0.15, 0.2) is 109 Å². The molecule has 4 aromatic rings. The third-order valence-electron chi connectivity index (χ3n) is 5.61. The highest BCUT2D eigenvalue weighted by atomic mass is 16.5. The summed E-state index contributed by atoms with van der Waals surface area (Å²) >= 11 is 0. The first kappa shape index (κ1) is 24.5. The SMILES string of the molecule is CC(COc1ccc(-c2ccc(N(c3ccccc3)c3ccccc3)cc2)cc1)OCC(O)CO. The van der Waals surface area contributed by atoms with E-state index in [1.807, 2.05) is 43.3 Å². The summed E-state index contributed by atoms with van der Waals surface area (Å²) in [6.45, 7) is 2.00. The smallest absolute Gasteiger partial charge is 0.119 e. The molecule has 5 heteroatoms. The number of para-hydroxylation sites is 2. The van der Waals surface area contributed by atoms with E-state index in [0.29, 0.717) is 6.61 Å². The third-order valence-corrected chi connectivity index (χ3v) is 5.61. The molecule has 0 saturated carbocycles. The van der Waals surface area contributed by atoms with E-state index in [9.17, 15) is 5.11 Å². The number of anilines is 3. The van der Waals surface area contributed by atoms with Crippen molar-refractivity contribution < 1.29 is 19.7 Å². The minimum absolute atomic E-state index is 0.0853. The lowest BCUT2D eigenvalue weighted by molar-refractivity contribution is -0.0353. The molecule has 0 aliphatic carbocycles. The van der Waals surface area contributed by atoms with Gasteiger partial charge in [-0.3, -0.25) is 0 Å². The molecule has 0 spiro atoms. The molecule has 0 bridgehead atoms. The number of hydrogen-bond acceptors (Lipinski definition) is 5. The number of nitrogens with zero attached hydrogens (tertiary/aromatic N) is 1. The van der Waals surface area contributed by atoms with Gasteiger partial charge in [0, 0.05) is 17.1 Å². The molecule has 2 N–H and O–H groups in total. The number of hydrogen-bond donors (Lipinski definition) is 2. The van der Waals surface area contributed by atoms with E-state index >= 15 is 0 Å². The fourth-order valence-corrected chi connectivity index (χ4v) is 3.74. The average Bonchev–Trinajstić information content (AvgIpc) is 2.92. The van der Waals surface area contributed by atoms with Crippen molar-refractivity contribution in [1.29, 1.82) is 0 Å². The van der Waals surface area contributed by atoms with Gasteiger partial charge in [-0.2, -0.15) is 0 Å². The van der Waals surface area contributed by atoms with Crippen LogP contribution in [-0.4, -0.2) is 42.2 Å². The summed E-state index contributed by atoms with van der Waals surface area (Å²) in [6.07, 6.45) is -1.06.